The predicted molar refractivity (Wildman–Crippen MR) is 17.5 cm³/mol. The van der Waals surface area contributed by atoms with Crippen molar-refractivity contribution in [2.75, 3.05) is 0 Å². The first-order valence-corrected chi connectivity index (χ1v) is 1.61. The molecule has 0 aliphatic carbocycles. The molecular weight excluding hydrogens is 102 g/mol. The molecule has 0 atom stereocenters. The lowest BCUT2D eigenvalue weighted by Gasteiger charge is -1.69. The Bertz CT molecular complexity index is 142. The quantitative estimate of drug-likeness (QED) is 0.483. The first-order valence-electron chi connectivity index (χ1n) is 1.61. The lowest BCUT2D eigenvalue weighted by molar-refractivity contribution is 0.323. The van der Waals surface area contributed by atoms with Gasteiger partial charge in [0.15, 0.2) is 12.1 Å². The van der Waals surface area contributed by atoms with E-state index in [1.165, 1.54) is 0 Å². The number of halogens is 2. The second-order valence-corrected chi connectivity index (χ2v) is 0.986. The van der Waals surface area contributed by atoms with E-state index in [4.69, 9.17) is 0 Å². The van der Waals surface area contributed by atoms with Crippen molar-refractivity contribution in [3.8, 4) is 0 Å². The summed E-state index contributed by atoms with van der Waals surface area (Å²) in [6.45, 7) is 0. The third-order valence-corrected chi connectivity index (χ3v) is 0.522. The molecule has 0 saturated carbocycles. The normalized spacial score (nSPS) is 9.43. The number of furan rings is 1. The molecule has 1 aromatic rings. The second-order valence-electron chi connectivity index (χ2n) is 0.986. The van der Waals surface area contributed by atoms with Crippen LogP contribution in [0.2, 0.25) is 0 Å². The Hall–Kier alpha value is -0.860. The van der Waals surface area contributed by atoms with E-state index < -0.39 is 11.8 Å². The molecule has 0 N–H and O–H groups in total. The fourth-order valence-corrected chi connectivity index (χ4v) is 0.238. The smallest absolute Gasteiger partial charge is 0.314 e. The summed E-state index contributed by atoms with van der Waals surface area (Å²) in [5, 5.41) is 0. The highest BCUT2D eigenvalue weighted by atomic mass is 19.2. The highest BCUT2D eigenvalue weighted by molar-refractivity contribution is 4.87. The molecule has 7 heavy (non-hydrogen) atoms. The average molecular weight is 103 g/mol. The molecule has 0 aliphatic rings. The van der Waals surface area contributed by atoms with Crippen molar-refractivity contribution >= 4 is 0 Å². The van der Waals surface area contributed by atoms with Gasteiger partial charge >= 0.3 is 6.01 Å². The number of rotatable bonds is 0. The Balaban J connectivity index is 3.12. The van der Waals surface area contributed by atoms with Gasteiger partial charge in [-0.05, 0) is 0 Å². The highest BCUT2D eigenvalue weighted by Crippen LogP contribution is 2.02. The minimum Gasteiger partial charge on any atom is -0.425 e. The molecule has 0 fully saturated rings. The Morgan fingerprint density at radius 2 is 2.29 bits per heavy atom. The van der Waals surface area contributed by atoms with Gasteiger partial charge in [-0.15, -0.1) is 0 Å². The Kier molecular flexibility index (Phi) is 0.817. The van der Waals surface area contributed by atoms with Gasteiger partial charge in [0.05, 0.1) is 0 Å². The van der Waals surface area contributed by atoms with E-state index in [2.05, 4.69) is 4.42 Å². The minimum atomic E-state index is -1.21. The zero-order valence-electron chi connectivity index (χ0n) is 3.24. The summed E-state index contributed by atoms with van der Waals surface area (Å²) in [6, 6.07) is -0.421. The van der Waals surface area contributed by atoms with Gasteiger partial charge in [0.1, 0.15) is 0 Å². The van der Waals surface area contributed by atoms with Gasteiger partial charge < -0.3 is 4.42 Å². The molecule has 1 nitrogen and oxygen atoms in total. The van der Waals surface area contributed by atoms with Crippen LogP contribution in [0.1, 0.15) is 0 Å². The zero-order valence-corrected chi connectivity index (χ0v) is 3.24. The van der Waals surface area contributed by atoms with Crippen LogP contribution in [-0.2, 0) is 0 Å². The second kappa shape index (κ2) is 1.33. The topological polar surface area (TPSA) is 13.1 Å². The number of hydrogen-bond donors (Lipinski definition) is 0. The van der Waals surface area contributed by atoms with Crippen molar-refractivity contribution in [1.82, 2.24) is 0 Å². The van der Waals surface area contributed by atoms with Gasteiger partial charge in [-0.2, -0.15) is 8.78 Å². The van der Waals surface area contributed by atoms with Gasteiger partial charge in [-0.25, -0.2) is 0 Å². The zero-order chi connectivity index (χ0) is 5.28. The third-order valence-electron chi connectivity index (χ3n) is 0.522. The summed E-state index contributed by atoms with van der Waals surface area (Å²) in [7, 11) is 0. The number of hydrogen-bond acceptors (Lipinski definition) is 1. The molecule has 3 heteroatoms. The maximum atomic E-state index is 11.6. The van der Waals surface area contributed by atoms with E-state index in [0.29, 0.717) is 0 Å². The first-order chi connectivity index (χ1) is 3.30. The molecule has 0 aliphatic heterocycles. The first kappa shape index (κ1) is 4.30. The van der Waals surface area contributed by atoms with Crippen LogP contribution in [0, 0.1) is 18.1 Å². The molecule has 1 radical (unpaired) electrons. The summed E-state index contributed by atoms with van der Waals surface area (Å²) in [6.07, 6.45) is 1.87. The van der Waals surface area contributed by atoms with Crippen molar-refractivity contribution in [3.05, 3.63) is 24.2 Å². The van der Waals surface area contributed by atoms with E-state index in [0.717, 1.165) is 6.07 Å². The molecule has 1 heterocycles. The molecule has 1 rings (SSSR count). The molecule has 0 aromatic carbocycles. The fourth-order valence-electron chi connectivity index (χ4n) is 0.238. The van der Waals surface area contributed by atoms with Gasteiger partial charge in [-0.3, -0.25) is 0 Å². The summed E-state index contributed by atoms with van der Waals surface area (Å²) in [5.74, 6) is -1.000. The third kappa shape index (κ3) is 0.607. The van der Waals surface area contributed by atoms with E-state index in [-0.39, 0.29) is 0 Å². The lowest BCUT2D eigenvalue weighted by Crippen LogP contribution is -1.66. The van der Waals surface area contributed by atoms with E-state index in [1.807, 2.05) is 6.26 Å². The van der Waals surface area contributed by atoms with Crippen molar-refractivity contribution in [1.29, 1.82) is 0 Å². The molecule has 0 spiro atoms. The molecule has 1 aromatic heterocycles. The van der Waals surface area contributed by atoms with Crippen molar-refractivity contribution < 1.29 is 13.2 Å². The van der Waals surface area contributed by atoms with Crippen LogP contribution >= 0.6 is 0 Å². The van der Waals surface area contributed by atoms with Gasteiger partial charge in [0.2, 0.25) is 0 Å². The van der Waals surface area contributed by atoms with Crippen molar-refractivity contribution in [2.24, 2.45) is 0 Å². The molecule has 0 unspecified atom stereocenters. The van der Waals surface area contributed by atoms with Crippen LogP contribution in [0.25, 0.3) is 0 Å². The van der Waals surface area contributed by atoms with E-state index >= 15 is 0 Å². The standard InChI is InChI=1S/C4HF2O/c5-3-1-2-7-4(3)6/h1H. The van der Waals surface area contributed by atoms with Gasteiger partial charge in [0.25, 0.3) is 0 Å². The SMILES string of the molecule is Fc1c[c]oc1F. The maximum Gasteiger partial charge on any atom is 0.314 e. The predicted octanol–water partition coefficient (Wildman–Crippen LogP) is 1.36. The van der Waals surface area contributed by atoms with Crippen LogP contribution in [0.3, 0.4) is 0 Å². The summed E-state index contributed by atoms with van der Waals surface area (Å²) < 4.78 is 26.9. The summed E-state index contributed by atoms with van der Waals surface area (Å²) in [5.41, 5.74) is 0. The van der Waals surface area contributed by atoms with Gasteiger partial charge in [0, 0.05) is 6.07 Å². The molecular formula is C4HF2O. The Morgan fingerprint density at radius 1 is 1.57 bits per heavy atom. The van der Waals surface area contributed by atoms with Crippen molar-refractivity contribution in [3.63, 3.8) is 0 Å². The van der Waals surface area contributed by atoms with Crippen LogP contribution in [0.5, 0.6) is 0 Å². The summed E-state index contributed by atoms with van der Waals surface area (Å²) in [4.78, 5) is 0. The molecule has 37 valence electrons. The van der Waals surface area contributed by atoms with E-state index in [1.54, 1.807) is 0 Å². The van der Waals surface area contributed by atoms with Crippen LogP contribution in [0.4, 0.5) is 8.78 Å². The van der Waals surface area contributed by atoms with Crippen LogP contribution in [0.15, 0.2) is 10.5 Å². The largest absolute Gasteiger partial charge is 0.425 e. The van der Waals surface area contributed by atoms with Crippen molar-refractivity contribution in [2.45, 2.75) is 0 Å². The van der Waals surface area contributed by atoms with Crippen LogP contribution < -0.4 is 0 Å². The molecule has 0 amide bonds. The molecule has 0 saturated heterocycles. The Labute approximate surface area is 38.6 Å². The average Bonchev–Trinajstić information content (AvgIpc) is 1.91. The minimum absolute atomic E-state index is 0.787. The van der Waals surface area contributed by atoms with Gasteiger partial charge in [-0.1, -0.05) is 0 Å². The van der Waals surface area contributed by atoms with E-state index in [9.17, 15) is 8.78 Å². The monoisotopic (exact) mass is 103 g/mol. The Morgan fingerprint density at radius 3 is 2.43 bits per heavy atom. The van der Waals surface area contributed by atoms with Crippen LogP contribution in [-0.4, -0.2) is 0 Å². The fraction of sp³-hybridized carbons (Fsp3) is 0. The summed E-state index contributed by atoms with van der Waals surface area (Å²) >= 11 is 0. The molecule has 0 bridgehead atoms. The lowest BCUT2D eigenvalue weighted by atomic mass is 10.6. The highest BCUT2D eigenvalue weighted by Gasteiger charge is 2.00. The maximum absolute atomic E-state index is 11.6.